The van der Waals surface area contributed by atoms with E-state index < -0.39 is 6.04 Å². The van der Waals surface area contributed by atoms with Gasteiger partial charge in [0.1, 0.15) is 5.76 Å². The summed E-state index contributed by atoms with van der Waals surface area (Å²) in [5.74, 6) is 0.560. The zero-order valence-corrected chi connectivity index (χ0v) is 17.2. The normalized spacial score (nSPS) is 11.7. The molecule has 3 rings (SSSR count). The largest absolute Gasteiger partial charge is 0.467 e. The van der Waals surface area contributed by atoms with Crippen LogP contribution in [-0.2, 0) is 6.54 Å². The summed E-state index contributed by atoms with van der Waals surface area (Å²) in [6.07, 6.45) is 5.28. The highest BCUT2D eigenvalue weighted by atomic mass is 35.5. The summed E-state index contributed by atoms with van der Waals surface area (Å²) in [7, 11) is 3.92. The Balaban J connectivity index is 1.91. The number of halogens is 1. The van der Waals surface area contributed by atoms with Crippen LogP contribution in [0.3, 0.4) is 0 Å². The number of carbonyl (C=O) groups is 1. The first-order chi connectivity index (χ1) is 13.5. The van der Waals surface area contributed by atoms with Crippen LogP contribution in [0.4, 0.5) is 5.69 Å². The monoisotopic (exact) mass is 414 g/mol. The summed E-state index contributed by atoms with van der Waals surface area (Å²) in [6, 6.07) is 13.8. The summed E-state index contributed by atoms with van der Waals surface area (Å²) in [5, 5.41) is 3.53. The van der Waals surface area contributed by atoms with Gasteiger partial charge in [0.2, 0.25) is 5.78 Å². The Kier molecular flexibility index (Phi) is 6.44. The second-order valence-electron chi connectivity index (χ2n) is 6.44. The lowest BCUT2D eigenvalue weighted by Gasteiger charge is -2.16. The van der Waals surface area contributed by atoms with E-state index in [1.807, 2.05) is 49.6 Å². The van der Waals surface area contributed by atoms with Gasteiger partial charge in [0, 0.05) is 37.5 Å². The summed E-state index contributed by atoms with van der Waals surface area (Å²) in [6.45, 7) is 0.397. The molecule has 144 valence electrons. The number of nitrogens with zero attached hydrogens (tertiary/aromatic N) is 2. The molecule has 1 atom stereocenters. The number of rotatable bonds is 7. The number of Topliss-reactive ketones (excluding diaryl/α,β-unsaturated/α-hetero) is 1. The quantitative estimate of drug-likeness (QED) is 0.362. The number of hydrogen-bond donors (Lipinski definition) is 1. The molecule has 0 spiro atoms. The molecule has 5 nitrogen and oxygen atoms in total. The van der Waals surface area contributed by atoms with E-state index in [9.17, 15) is 4.79 Å². The molecule has 28 heavy (non-hydrogen) atoms. The molecule has 0 aliphatic rings. The molecule has 0 amide bonds. The molecular formula is C21H21ClN3O2S+. The fourth-order valence-corrected chi connectivity index (χ4v) is 3.31. The van der Waals surface area contributed by atoms with Crippen LogP contribution in [0.15, 0.2) is 71.6 Å². The van der Waals surface area contributed by atoms with Gasteiger partial charge < -0.3 is 14.6 Å². The van der Waals surface area contributed by atoms with Crippen molar-refractivity contribution < 1.29 is 13.8 Å². The van der Waals surface area contributed by atoms with Crippen LogP contribution in [0.2, 0.25) is 5.02 Å². The van der Waals surface area contributed by atoms with Gasteiger partial charge in [0.15, 0.2) is 17.4 Å². The molecule has 2 aromatic heterocycles. The highest BCUT2D eigenvalue weighted by Gasteiger charge is 2.34. The predicted octanol–water partition coefficient (Wildman–Crippen LogP) is 3.83. The minimum atomic E-state index is -0.721. The average molecular weight is 415 g/mol. The Labute approximate surface area is 174 Å². The molecule has 3 aromatic rings. The van der Waals surface area contributed by atoms with Crippen molar-refractivity contribution in [3.8, 4) is 0 Å². The van der Waals surface area contributed by atoms with E-state index in [0.29, 0.717) is 22.1 Å². The van der Waals surface area contributed by atoms with Crippen LogP contribution in [0.1, 0.15) is 22.2 Å². The maximum absolute atomic E-state index is 13.3. The van der Waals surface area contributed by atoms with Crippen LogP contribution in [0.5, 0.6) is 0 Å². The maximum atomic E-state index is 13.3. The summed E-state index contributed by atoms with van der Waals surface area (Å²) >= 11 is 11.9. The highest BCUT2D eigenvalue weighted by Crippen LogP contribution is 2.20. The molecule has 0 aliphatic heterocycles. The average Bonchev–Trinajstić information content (AvgIpc) is 3.21. The molecule has 0 unspecified atom stereocenters. The van der Waals surface area contributed by atoms with E-state index >= 15 is 0 Å². The first-order valence-corrected chi connectivity index (χ1v) is 9.53. The Morgan fingerprint density at radius 2 is 1.89 bits per heavy atom. The lowest BCUT2D eigenvalue weighted by Crippen LogP contribution is -2.51. The summed E-state index contributed by atoms with van der Waals surface area (Å²) < 4.78 is 7.12. The zero-order valence-electron chi connectivity index (χ0n) is 15.6. The molecule has 2 heterocycles. The van der Waals surface area contributed by atoms with E-state index in [-0.39, 0.29) is 5.78 Å². The van der Waals surface area contributed by atoms with Crippen LogP contribution in [0.25, 0.3) is 0 Å². The van der Waals surface area contributed by atoms with Gasteiger partial charge in [-0.25, -0.2) is 0 Å². The Bertz CT molecular complexity index is 956. The summed E-state index contributed by atoms with van der Waals surface area (Å²) in [5.41, 5.74) is 1.45. The molecule has 1 N–H and O–H groups in total. The van der Waals surface area contributed by atoms with Crippen LogP contribution < -0.4 is 14.8 Å². The minimum Gasteiger partial charge on any atom is -0.467 e. The lowest BCUT2D eigenvalue weighted by atomic mass is 10.0. The maximum Gasteiger partial charge on any atom is 0.270 e. The molecular weight excluding hydrogens is 394 g/mol. The number of ketones is 1. The first-order valence-electron chi connectivity index (χ1n) is 8.74. The van der Waals surface area contributed by atoms with Crippen molar-refractivity contribution in [2.75, 3.05) is 19.0 Å². The fraction of sp³-hybridized carbons (Fsp3) is 0.190. The van der Waals surface area contributed by atoms with Crippen molar-refractivity contribution in [1.82, 2.24) is 5.32 Å². The van der Waals surface area contributed by atoms with Crippen molar-refractivity contribution in [2.24, 2.45) is 0 Å². The second kappa shape index (κ2) is 8.99. The van der Waals surface area contributed by atoms with Crippen LogP contribution in [0, 0.1) is 0 Å². The Hall–Kier alpha value is -2.70. The number of nitrogens with one attached hydrogen (secondary N) is 1. The molecule has 0 radical (unpaired) electrons. The topological polar surface area (TPSA) is 49.4 Å². The van der Waals surface area contributed by atoms with Crippen LogP contribution >= 0.6 is 23.8 Å². The smallest absolute Gasteiger partial charge is 0.270 e. The first kappa shape index (κ1) is 20.0. The van der Waals surface area contributed by atoms with Gasteiger partial charge in [0.25, 0.3) is 6.04 Å². The van der Waals surface area contributed by atoms with Gasteiger partial charge in [-0.2, -0.15) is 4.57 Å². The predicted molar refractivity (Wildman–Crippen MR) is 114 cm³/mol. The Morgan fingerprint density at radius 1 is 1.18 bits per heavy atom. The minimum absolute atomic E-state index is 0.176. The Morgan fingerprint density at radius 3 is 2.50 bits per heavy atom. The van der Waals surface area contributed by atoms with Crippen molar-refractivity contribution in [3.63, 3.8) is 0 Å². The number of thiocarbonyl (C=S) groups is 1. The van der Waals surface area contributed by atoms with Crippen molar-refractivity contribution >= 4 is 40.3 Å². The summed E-state index contributed by atoms with van der Waals surface area (Å²) in [4.78, 5) is 15.7. The zero-order chi connectivity index (χ0) is 20.1. The van der Waals surface area contributed by atoms with E-state index in [1.54, 1.807) is 41.2 Å². The molecule has 0 saturated carbocycles. The standard InChI is InChI=1S/C21H20ClN3O2S/c1-24(2)15-9-11-25(12-10-15)19(20(26)17-7-3-4-8-18(17)22)21(28)23-14-16-6-5-13-27-16/h3-13,19H,14H2,1-2H3/p+1/t19-/m0/s1. The van der Waals surface area contributed by atoms with E-state index in [2.05, 4.69) is 5.32 Å². The van der Waals surface area contributed by atoms with Crippen LogP contribution in [-0.4, -0.2) is 24.9 Å². The van der Waals surface area contributed by atoms with E-state index in [0.717, 1.165) is 11.4 Å². The second-order valence-corrected chi connectivity index (χ2v) is 7.29. The highest BCUT2D eigenvalue weighted by molar-refractivity contribution is 7.80. The van der Waals surface area contributed by atoms with E-state index in [4.69, 9.17) is 28.2 Å². The number of anilines is 1. The third-order valence-corrected chi connectivity index (χ3v) is 5.00. The SMILES string of the molecule is CN(C)c1cc[n+]([C@@H](C(=O)c2ccccc2Cl)C(=S)NCc2ccco2)cc1. The number of furan rings is 1. The number of aromatic nitrogens is 1. The van der Waals surface area contributed by atoms with Gasteiger partial charge in [-0.05, 0) is 24.3 Å². The number of carbonyl (C=O) groups excluding carboxylic acids is 1. The molecule has 0 aliphatic carbocycles. The molecule has 0 bridgehead atoms. The third kappa shape index (κ3) is 4.58. The van der Waals surface area contributed by atoms with Gasteiger partial charge in [-0.15, -0.1) is 0 Å². The molecule has 0 fully saturated rings. The van der Waals surface area contributed by atoms with Crippen molar-refractivity contribution in [1.29, 1.82) is 0 Å². The number of benzene rings is 1. The van der Waals surface area contributed by atoms with E-state index in [1.165, 1.54) is 0 Å². The van der Waals surface area contributed by atoms with Gasteiger partial charge >= 0.3 is 0 Å². The van der Waals surface area contributed by atoms with Crippen molar-refractivity contribution in [2.45, 2.75) is 12.6 Å². The number of pyridine rings is 1. The molecule has 0 saturated heterocycles. The van der Waals surface area contributed by atoms with Gasteiger partial charge in [-0.3, -0.25) is 4.79 Å². The third-order valence-electron chi connectivity index (χ3n) is 4.30. The van der Waals surface area contributed by atoms with Crippen molar-refractivity contribution in [3.05, 3.63) is 83.5 Å². The van der Waals surface area contributed by atoms with Gasteiger partial charge in [0.05, 0.1) is 17.8 Å². The van der Waals surface area contributed by atoms with Gasteiger partial charge in [-0.1, -0.05) is 36.0 Å². The molecule has 7 heteroatoms. The number of hydrogen-bond acceptors (Lipinski definition) is 4. The fourth-order valence-electron chi connectivity index (χ4n) is 2.78. The molecule has 1 aromatic carbocycles. The lowest BCUT2D eigenvalue weighted by molar-refractivity contribution is -0.692.